The van der Waals surface area contributed by atoms with Crippen molar-refractivity contribution in [2.24, 2.45) is 0 Å². The van der Waals surface area contributed by atoms with Gasteiger partial charge in [-0.05, 0) is 99.7 Å². The molecule has 2 nitrogen and oxygen atoms in total. The van der Waals surface area contributed by atoms with Crippen LogP contribution >= 0.6 is 0 Å². The molecule has 0 amide bonds. The van der Waals surface area contributed by atoms with Crippen molar-refractivity contribution in [2.45, 2.75) is 0 Å². The average molecular weight is 617 g/mol. The first kappa shape index (κ1) is 23.9. The molecular formula is C46H32N2. The molecule has 1 heterocycles. The second kappa shape index (κ2) is 11.8. The number of hydrogen-bond acceptors (Lipinski definition) is 1. The number of nitrogens with zero attached hydrogens (tertiary/aromatic N) is 2. The largest absolute Gasteiger partial charge is 0.310 e. The van der Waals surface area contributed by atoms with Crippen molar-refractivity contribution in [3.05, 3.63) is 194 Å². The number of benzene rings is 8. The molecule has 0 aliphatic rings. The zero-order chi connectivity index (χ0) is 35.3. The highest BCUT2D eigenvalue weighted by Crippen LogP contribution is 2.40. The Balaban J connectivity index is 1.27. The Morgan fingerprint density at radius 1 is 0.417 bits per heavy atom. The molecule has 0 spiro atoms. The summed E-state index contributed by atoms with van der Waals surface area (Å²) in [5.41, 5.74) is 7.99. The Hall–Kier alpha value is -6.38. The van der Waals surface area contributed by atoms with Gasteiger partial charge in [0.15, 0.2) is 0 Å². The summed E-state index contributed by atoms with van der Waals surface area (Å²) in [7, 11) is 0. The second-order valence-electron chi connectivity index (χ2n) is 11.9. The minimum Gasteiger partial charge on any atom is -0.310 e. The van der Waals surface area contributed by atoms with Crippen LogP contribution in [-0.2, 0) is 0 Å². The topological polar surface area (TPSA) is 8.17 Å². The molecule has 0 bridgehead atoms. The average Bonchev–Trinajstić information content (AvgIpc) is 3.53. The lowest BCUT2D eigenvalue weighted by Gasteiger charge is -2.26. The maximum Gasteiger partial charge on any atom is 0.0651 e. The van der Waals surface area contributed by atoms with Crippen molar-refractivity contribution in [3.63, 3.8) is 0 Å². The van der Waals surface area contributed by atoms with Crippen LogP contribution in [0.25, 0.3) is 60.5 Å². The van der Waals surface area contributed by atoms with Gasteiger partial charge in [-0.1, -0.05) is 127 Å². The molecule has 0 N–H and O–H groups in total. The minimum absolute atomic E-state index is 0.0254. The summed E-state index contributed by atoms with van der Waals surface area (Å²) in [6, 6.07) is 56.5. The normalized spacial score (nSPS) is 12.5. The fraction of sp³-hybridized carbons (Fsp3) is 0. The van der Waals surface area contributed by atoms with Crippen molar-refractivity contribution in [3.8, 4) is 27.9 Å². The summed E-state index contributed by atoms with van der Waals surface area (Å²) in [5.74, 6) is 0. The third-order valence-electron chi connectivity index (χ3n) is 9.03. The number of rotatable bonds is 6. The van der Waals surface area contributed by atoms with Crippen molar-refractivity contribution >= 4 is 49.6 Å². The highest BCUT2D eigenvalue weighted by atomic mass is 15.1. The van der Waals surface area contributed by atoms with Gasteiger partial charge in [-0.3, -0.25) is 0 Å². The van der Waals surface area contributed by atoms with Gasteiger partial charge in [-0.15, -0.1) is 0 Å². The van der Waals surface area contributed by atoms with Crippen LogP contribution in [0.3, 0.4) is 0 Å². The molecule has 0 fully saturated rings. The van der Waals surface area contributed by atoms with Gasteiger partial charge in [0.1, 0.15) is 0 Å². The first-order valence-electron chi connectivity index (χ1n) is 18.1. The fourth-order valence-electron chi connectivity index (χ4n) is 6.73. The standard InChI is InChI=1S/C46H32N2/c1-3-12-33(13-4-1)35-22-26-40(27-23-35)47(42-28-24-34-14-7-8-15-36(34)30-42)41-19-11-16-37(31-41)38-25-29-46-44(32-38)43-20-9-10-21-45(43)48(46)39-17-5-2-6-18-39/h1-32H/i11D,16D,19D,31D. The lowest BCUT2D eigenvalue weighted by Crippen LogP contribution is -2.10. The molecule has 48 heavy (non-hydrogen) atoms. The van der Waals surface area contributed by atoms with Crippen molar-refractivity contribution in [1.29, 1.82) is 0 Å². The van der Waals surface area contributed by atoms with Crippen LogP contribution in [0.4, 0.5) is 17.1 Å². The number of fused-ring (bicyclic) bond motifs is 4. The maximum atomic E-state index is 9.77. The maximum absolute atomic E-state index is 9.77. The first-order valence-corrected chi connectivity index (χ1v) is 16.1. The van der Waals surface area contributed by atoms with E-state index in [1.807, 2.05) is 126 Å². The van der Waals surface area contributed by atoms with Gasteiger partial charge in [-0.25, -0.2) is 0 Å². The quantitative estimate of drug-likeness (QED) is 0.180. The third-order valence-corrected chi connectivity index (χ3v) is 9.03. The van der Waals surface area contributed by atoms with Crippen LogP contribution in [0, 0.1) is 0 Å². The van der Waals surface area contributed by atoms with Gasteiger partial charge in [0.25, 0.3) is 0 Å². The Morgan fingerprint density at radius 3 is 1.90 bits per heavy atom. The summed E-state index contributed by atoms with van der Waals surface area (Å²) in [6.45, 7) is 0. The fourth-order valence-corrected chi connectivity index (χ4v) is 6.73. The summed E-state index contributed by atoms with van der Waals surface area (Å²) >= 11 is 0. The zero-order valence-electron chi connectivity index (χ0n) is 30.1. The van der Waals surface area contributed by atoms with E-state index in [-0.39, 0.29) is 29.9 Å². The molecule has 8 aromatic carbocycles. The van der Waals surface area contributed by atoms with Gasteiger partial charge in [0, 0.05) is 33.5 Å². The Morgan fingerprint density at radius 2 is 1.06 bits per heavy atom. The molecule has 2 heteroatoms. The molecule has 0 radical (unpaired) electrons. The Kier molecular flexibility index (Phi) is 5.85. The van der Waals surface area contributed by atoms with Crippen LogP contribution in [0.15, 0.2) is 194 Å². The van der Waals surface area contributed by atoms with Crippen LogP contribution in [0.1, 0.15) is 5.48 Å². The molecule has 0 unspecified atom stereocenters. The van der Waals surface area contributed by atoms with Gasteiger partial charge in [0.05, 0.1) is 16.5 Å². The van der Waals surface area contributed by atoms with Crippen LogP contribution in [0.5, 0.6) is 0 Å². The van der Waals surface area contributed by atoms with E-state index in [1.165, 1.54) is 0 Å². The second-order valence-corrected chi connectivity index (χ2v) is 11.9. The number of hydrogen-bond donors (Lipinski definition) is 0. The summed E-state index contributed by atoms with van der Waals surface area (Å²) in [5, 5.41) is 4.14. The SMILES string of the molecule is [2H]c1c([2H])c(-c2ccc3c(c2)c2ccccc2n3-c2ccccc2)c([2H])c(N(c2ccc(-c3ccccc3)cc2)c2ccc3ccccc3c2)c1[2H]. The van der Waals surface area contributed by atoms with Crippen LogP contribution in [0.2, 0.25) is 0 Å². The van der Waals surface area contributed by atoms with Crippen LogP contribution in [-0.4, -0.2) is 4.57 Å². The highest BCUT2D eigenvalue weighted by Gasteiger charge is 2.16. The van der Waals surface area contributed by atoms with Gasteiger partial charge < -0.3 is 9.47 Å². The monoisotopic (exact) mass is 616 g/mol. The van der Waals surface area contributed by atoms with E-state index >= 15 is 0 Å². The first-order chi connectivity index (χ1) is 25.5. The number of aromatic nitrogens is 1. The van der Waals surface area contributed by atoms with E-state index in [0.717, 1.165) is 60.8 Å². The molecule has 0 aliphatic carbocycles. The van der Waals surface area contributed by atoms with E-state index in [1.54, 1.807) is 0 Å². The highest BCUT2D eigenvalue weighted by molar-refractivity contribution is 6.10. The van der Waals surface area contributed by atoms with E-state index in [9.17, 15) is 2.74 Å². The molecule has 0 saturated carbocycles. The van der Waals surface area contributed by atoms with Crippen molar-refractivity contribution in [2.75, 3.05) is 4.90 Å². The molecule has 226 valence electrons. The summed E-state index contributed by atoms with van der Waals surface area (Å²) < 4.78 is 39.5. The number of para-hydroxylation sites is 2. The van der Waals surface area contributed by atoms with Crippen LogP contribution < -0.4 is 4.90 Å². The summed E-state index contributed by atoms with van der Waals surface area (Å²) in [6.07, 6.45) is 0. The minimum atomic E-state index is -0.223. The predicted molar refractivity (Wildman–Crippen MR) is 204 cm³/mol. The smallest absolute Gasteiger partial charge is 0.0651 e. The Bertz CT molecular complexity index is 2770. The lowest BCUT2D eigenvalue weighted by molar-refractivity contribution is 1.18. The van der Waals surface area contributed by atoms with Gasteiger partial charge >= 0.3 is 0 Å². The predicted octanol–water partition coefficient (Wildman–Crippen LogP) is 12.7. The van der Waals surface area contributed by atoms with E-state index < -0.39 is 0 Å². The van der Waals surface area contributed by atoms with Gasteiger partial charge in [-0.2, -0.15) is 0 Å². The third kappa shape index (κ3) is 4.92. The van der Waals surface area contributed by atoms with Crippen molar-refractivity contribution in [1.82, 2.24) is 4.57 Å². The summed E-state index contributed by atoms with van der Waals surface area (Å²) in [4.78, 5) is 1.90. The van der Waals surface area contributed by atoms with Crippen molar-refractivity contribution < 1.29 is 5.48 Å². The lowest BCUT2D eigenvalue weighted by atomic mass is 10.0. The molecule has 0 atom stereocenters. The molecule has 9 rings (SSSR count). The number of anilines is 3. The van der Waals surface area contributed by atoms with Gasteiger partial charge in [0.2, 0.25) is 0 Å². The Labute approximate surface area is 286 Å². The molecule has 0 saturated heterocycles. The van der Waals surface area contributed by atoms with E-state index in [0.29, 0.717) is 11.1 Å². The van der Waals surface area contributed by atoms with E-state index in [4.69, 9.17) is 2.74 Å². The molecule has 0 aliphatic heterocycles. The molecular weight excluding hydrogens is 581 g/mol. The zero-order valence-corrected chi connectivity index (χ0v) is 26.1. The van der Waals surface area contributed by atoms with E-state index in [2.05, 4.69) is 53.1 Å². The molecule has 9 aromatic rings. The molecule has 1 aromatic heterocycles.